The van der Waals surface area contributed by atoms with Crippen LogP contribution >= 0.6 is 0 Å². The van der Waals surface area contributed by atoms with E-state index in [0.717, 1.165) is 0 Å². The van der Waals surface area contributed by atoms with E-state index in [1.807, 2.05) is 0 Å². The maximum atomic E-state index is 8.44. The summed E-state index contributed by atoms with van der Waals surface area (Å²) in [5.41, 5.74) is 0.604. The number of rotatable bonds is 1. The molecule has 0 saturated carbocycles. The lowest BCUT2D eigenvalue weighted by molar-refractivity contribution is -0.284. The molecular weight excluding hydrogens is 152 g/mol. The van der Waals surface area contributed by atoms with Crippen molar-refractivity contribution < 1.29 is 10.4 Å². The quantitative estimate of drug-likeness (QED) is 0.316. The van der Waals surface area contributed by atoms with Crippen molar-refractivity contribution in [3.63, 3.8) is 0 Å². The molecule has 0 aromatic carbocycles. The van der Waals surface area contributed by atoms with Gasteiger partial charge in [0.2, 0.25) is 0 Å². The Bertz CT molecular complexity index is 191. The summed E-state index contributed by atoms with van der Waals surface area (Å²) in [6.45, 7) is -0.0339. The van der Waals surface area contributed by atoms with Gasteiger partial charge < -0.3 is 5.11 Å². The molecule has 0 saturated heterocycles. The maximum absolute atomic E-state index is 8.44. The average molecular weight is 158 g/mol. The van der Waals surface area contributed by atoms with Crippen LogP contribution in [0.3, 0.4) is 0 Å². The second kappa shape index (κ2) is 6.56. The van der Waals surface area contributed by atoms with Crippen LogP contribution in [0.15, 0.2) is 18.3 Å². The highest BCUT2D eigenvalue weighted by Gasteiger charge is 1.84. The largest absolute Gasteiger partial charge is 0.390 e. The fraction of sp³-hybridized carbons (Fsp3) is 0.200. The molecule has 1 N–H and O–H groups in total. The molecular formula is C5H6N2O4. The molecule has 0 fully saturated rings. The number of hydrogen-bond donors (Lipinski definition) is 1. The first-order valence-electron chi connectivity index (χ1n) is 2.64. The second-order valence-electron chi connectivity index (χ2n) is 1.44. The summed E-state index contributed by atoms with van der Waals surface area (Å²) in [6.07, 6.45) is 1.57. The van der Waals surface area contributed by atoms with Crippen molar-refractivity contribution in [1.29, 1.82) is 0 Å². The van der Waals surface area contributed by atoms with Crippen molar-refractivity contribution in [3.8, 4) is 0 Å². The standard InChI is InChI=1S/C5H6N2O.O3/c8-4-5-2-1-3-6-7-5;1-3-2/h1-3,8H,4H2;. The van der Waals surface area contributed by atoms with Crippen molar-refractivity contribution in [2.75, 3.05) is 0 Å². The molecule has 0 unspecified atom stereocenters. The van der Waals surface area contributed by atoms with Crippen LogP contribution in [0.25, 0.3) is 0 Å². The SMILES string of the molecule is O=[O+][O-].OCc1cccnn1. The van der Waals surface area contributed by atoms with Gasteiger partial charge in [-0.1, -0.05) is 10.2 Å². The lowest BCUT2D eigenvalue weighted by atomic mass is 10.4. The Kier molecular flexibility index (Phi) is 5.63. The fourth-order valence-corrected chi connectivity index (χ4v) is 0.418. The van der Waals surface area contributed by atoms with E-state index in [0.29, 0.717) is 5.69 Å². The maximum Gasteiger partial charge on any atom is 0.154 e. The van der Waals surface area contributed by atoms with Crippen LogP contribution in [-0.2, 0) is 6.61 Å². The summed E-state index contributed by atoms with van der Waals surface area (Å²) in [7, 11) is 0. The number of aliphatic hydroxyl groups excluding tert-OH is 1. The Morgan fingerprint density at radius 2 is 2.36 bits per heavy atom. The van der Waals surface area contributed by atoms with E-state index in [4.69, 9.17) is 15.3 Å². The third-order valence-corrected chi connectivity index (χ3v) is 0.790. The van der Waals surface area contributed by atoms with Crippen molar-refractivity contribution in [3.05, 3.63) is 33.7 Å². The number of nitrogens with zero attached hydrogens (tertiary/aromatic N) is 2. The Balaban J connectivity index is 0.000000292. The minimum Gasteiger partial charge on any atom is -0.390 e. The van der Waals surface area contributed by atoms with Crippen LogP contribution in [0, 0.1) is 9.71 Å². The van der Waals surface area contributed by atoms with Crippen LogP contribution < -0.4 is 5.26 Å². The minimum atomic E-state index is -0.0339. The predicted molar refractivity (Wildman–Crippen MR) is 34.7 cm³/mol. The van der Waals surface area contributed by atoms with Crippen LogP contribution in [-0.4, -0.2) is 15.3 Å². The predicted octanol–water partition coefficient (Wildman–Crippen LogP) is -1.15. The molecule has 0 aliphatic heterocycles. The van der Waals surface area contributed by atoms with Gasteiger partial charge in [0.1, 0.15) is 0 Å². The van der Waals surface area contributed by atoms with Crippen LogP contribution in [0.4, 0.5) is 0 Å². The number of aliphatic hydroxyl groups is 1. The average Bonchev–Trinajstić information content (AvgIpc) is 2.08. The van der Waals surface area contributed by atoms with E-state index in [2.05, 4.69) is 10.2 Å². The van der Waals surface area contributed by atoms with E-state index >= 15 is 0 Å². The van der Waals surface area contributed by atoms with Gasteiger partial charge in [-0.15, -0.1) is 0 Å². The molecule has 1 heterocycles. The zero-order valence-corrected chi connectivity index (χ0v) is 5.51. The summed E-state index contributed by atoms with van der Waals surface area (Å²) >= 11 is 0. The summed E-state index contributed by atoms with van der Waals surface area (Å²) in [5.74, 6) is 0. The lowest BCUT2D eigenvalue weighted by Gasteiger charge is -1.86. The number of hydrogen-bond acceptors (Lipinski definition) is 5. The van der Waals surface area contributed by atoms with Crippen LogP contribution in [0.2, 0.25) is 0 Å². The highest BCUT2D eigenvalue weighted by Crippen LogP contribution is 1.86. The third kappa shape index (κ3) is 4.91. The molecule has 11 heavy (non-hydrogen) atoms. The van der Waals surface area contributed by atoms with Gasteiger partial charge in [0.25, 0.3) is 0 Å². The molecule has 0 aliphatic carbocycles. The van der Waals surface area contributed by atoms with E-state index in [1.165, 1.54) is 0 Å². The summed E-state index contributed by atoms with van der Waals surface area (Å²) in [4.78, 5) is 7.88. The topological polar surface area (TPSA) is 97.4 Å². The van der Waals surface area contributed by atoms with Crippen LogP contribution in [0.1, 0.15) is 5.69 Å². The van der Waals surface area contributed by atoms with E-state index in [-0.39, 0.29) is 6.61 Å². The first kappa shape index (κ1) is 9.44. The molecule has 0 aliphatic rings. The van der Waals surface area contributed by atoms with Gasteiger partial charge in [-0.2, -0.15) is 10.2 Å². The summed E-state index contributed by atoms with van der Waals surface area (Å²) < 4.78 is 1.75. The molecule has 0 spiro atoms. The normalized spacial score (nSPS) is 7.73. The first-order chi connectivity index (χ1) is 5.35. The van der Waals surface area contributed by atoms with Gasteiger partial charge in [0, 0.05) is 6.20 Å². The monoisotopic (exact) mass is 158 g/mol. The van der Waals surface area contributed by atoms with Gasteiger partial charge in [-0.3, -0.25) is 0 Å². The molecule has 1 aromatic heterocycles. The highest BCUT2D eigenvalue weighted by molar-refractivity contribution is 4.96. The molecule has 0 atom stereocenters. The minimum absolute atomic E-state index is 0.0339. The second-order valence-corrected chi connectivity index (χ2v) is 1.44. The van der Waals surface area contributed by atoms with Crippen LogP contribution in [0.5, 0.6) is 0 Å². The molecule has 0 radical (unpaired) electrons. The molecule has 6 nitrogen and oxygen atoms in total. The molecule has 1 rings (SSSR count). The Morgan fingerprint density at radius 1 is 1.73 bits per heavy atom. The van der Waals surface area contributed by atoms with Gasteiger partial charge in [-0.05, 0) is 12.1 Å². The van der Waals surface area contributed by atoms with Crippen molar-refractivity contribution in [2.24, 2.45) is 0 Å². The van der Waals surface area contributed by atoms with E-state index < -0.39 is 0 Å². The highest BCUT2D eigenvalue weighted by atomic mass is 17.2. The van der Waals surface area contributed by atoms with E-state index in [1.54, 1.807) is 23.1 Å². The molecule has 6 heteroatoms. The zero-order valence-electron chi connectivity index (χ0n) is 5.51. The summed E-state index contributed by atoms with van der Waals surface area (Å²) in [6, 6.07) is 3.45. The smallest absolute Gasteiger partial charge is 0.154 e. The first-order valence-corrected chi connectivity index (χ1v) is 2.64. The van der Waals surface area contributed by atoms with Gasteiger partial charge in [-0.25, -0.2) is 0 Å². The molecule has 60 valence electrons. The van der Waals surface area contributed by atoms with E-state index in [9.17, 15) is 0 Å². The molecule has 1 aromatic rings. The third-order valence-electron chi connectivity index (χ3n) is 0.790. The van der Waals surface area contributed by atoms with Gasteiger partial charge in [0.05, 0.1) is 12.3 Å². The van der Waals surface area contributed by atoms with Gasteiger partial charge in [0.15, 0.2) is 4.75 Å². The lowest BCUT2D eigenvalue weighted by Crippen LogP contribution is -1.88. The van der Waals surface area contributed by atoms with Crippen molar-refractivity contribution >= 4 is 0 Å². The zero-order chi connectivity index (χ0) is 8.53. The Morgan fingerprint density at radius 3 is 2.64 bits per heavy atom. The molecule has 0 bridgehead atoms. The van der Waals surface area contributed by atoms with Crippen molar-refractivity contribution in [1.82, 2.24) is 10.2 Å². The Hall–Kier alpha value is -1.56. The number of aromatic nitrogens is 2. The Labute approximate surface area is 62.0 Å². The van der Waals surface area contributed by atoms with Gasteiger partial charge >= 0.3 is 0 Å². The summed E-state index contributed by atoms with van der Waals surface area (Å²) in [5, 5.41) is 23.5. The fourth-order valence-electron chi connectivity index (χ4n) is 0.418. The molecule has 0 amide bonds. The van der Waals surface area contributed by atoms with Crippen molar-refractivity contribution in [2.45, 2.75) is 6.61 Å².